The van der Waals surface area contributed by atoms with Crippen molar-refractivity contribution >= 4 is 5.97 Å². The fourth-order valence-electron chi connectivity index (χ4n) is 3.89. The lowest BCUT2D eigenvalue weighted by Gasteiger charge is -2.36. The number of aliphatic carboxylic acids is 1. The van der Waals surface area contributed by atoms with Gasteiger partial charge in [0.15, 0.2) is 0 Å². The summed E-state index contributed by atoms with van der Waals surface area (Å²) in [5.41, 5.74) is 0. The minimum atomic E-state index is -0.643. The highest BCUT2D eigenvalue weighted by molar-refractivity contribution is 5.66. The van der Waals surface area contributed by atoms with Gasteiger partial charge in [0.1, 0.15) is 0 Å². The Morgan fingerprint density at radius 3 is 2.47 bits per heavy atom. The number of nitrogens with zero attached hydrogens (tertiary/aromatic N) is 1. The van der Waals surface area contributed by atoms with Crippen LogP contribution in [0, 0.1) is 17.8 Å². The molecule has 3 heteroatoms. The molecule has 1 aliphatic heterocycles. The van der Waals surface area contributed by atoms with Gasteiger partial charge in [0.25, 0.3) is 0 Å². The van der Waals surface area contributed by atoms with Crippen molar-refractivity contribution in [3.63, 3.8) is 0 Å². The Balaban J connectivity index is 1.71. The average Bonchev–Trinajstić information content (AvgIpc) is 2.85. The average molecular weight is 267 g/mol. The Bertz CT molecular complexity index is 295. The quantitative estimate of drug-likeness (QED) is 0.830. The van der Waals surface area contributed by atoms with Crippen LogP contribution in [0.4, 0.5) is 0 Å². The number of carboxylic acids is 1. The van der Waals surface area contributed by atoms with Gasteiger partial charge in [-0.1, -0.05) is 13.8 Å². The van der Waals surface area contributed by atoms with Crippen molar-refractivity contribution < 1.29 is 9.90 Å². The summed E-state index contributed by atoms with van der Waals surface area (Å²) in [7, 11) is 0. The van der Waals surface area contributed by atoms with Crippen LogP contribution < -0.4 is 0 Å². The van der Waals surface area contributed by atoms with E-state index in [0.29, 0.717) is 12.3 Å². The van der Waals surface area contributed by atoms with E-state index in [0.717, 1.165) is 30.8 Å². The Labute approximate surface area is 117 Å². The van der Waals surface area contributed by atoms with E-state index in [4.69, 9.17) is 5.11 Å². The second kappa shape index (κ2) is 6.74. The second-order valence-corrected chi connectivity index (χ2v) is 6.89. The highest BCUT2D eigenvalue weighted by Gasteiger charge is 2.31. The summed E-state index contributed by atoms with van der Waals surface area (Å²) in [6.07, 6.45) is 7.91. The minimum Gasteiger partial charge on any atom is -0.481 e. The summed E-state index contributed by atoms with van der Waals surface area (Å²) in [5.74, 6) is 1.75. The van der Waals surface area contributed by atoms with Crippen molar-refractivity contribution in [2.24, 2.45) is 17.8 Å². The number of hydrogen-bond donors (Lipinski definition) is 1. The lowest BCUT2D eigenvalue weighted by Crippen LogP contribution is -2.37. The molecule has 1 N–H and O–H groups in total. The largest absolute Gasteiger partial charge is 0.481 e. The first-order valence-corrected chi connectivity index (χ1v) is 8.02. The van der Waals surface area contributed by atoms with Crippen LogP contribution in [0.25, 0.3) is 0 Å². The molecule has 0 radical (unpaired) electrons. The first-order valence-electron chi connectivity index (χ1n) is 8.02. The highest BCUT2D eigenvalue weighted by atomic mass is 16.4. The maximum absolute atomic E-state index is 10.6. The predicted molar refractivity (Wildman–Crippen MR) is 77.1 cm³/mol. The van der Waals surface area contributed by atoms with E-state index in [9.17, 15) is 4.79 Å². The topological polar surface area (TPSA) is 40.5 Å². The maximum atomic E-state index is 10.6. The van der Waals surface area contributed by atoms with E-state index in [1.165, 1.54) is 38.6 Å². The zero-order valence-electron chi connectivity index (χ0n) is 12.5. The third-order valence-electron chi connectivity index (χ3n) is 5.28. The SMILES string of the molecule is CC(C)C1CCC(N2CCC(CCC(=O)O)C2)CC1. The van der Waals surface area contributed by atoms with Crippen LogP contribution in [-0.2, 0) is 4.79 Å². The maximum Gasteiger partial charge on any atom is 0.303 e. The lowest BCUT2D eigenvalue weighted by molar-refractivity contribution is -0.137. The summed E-state index contributed by atoms with van der Waals surface area (Å²) in [6.45, 7) is 7.04. The summed E-state index contributed by atoms with van der Waals surface area (Å²) < 4.78 is 0. The minimum absolute atomic E-state index is 0.346. The summed E-state index contributed by atoms with van der Waals surface area (Å²) >= 11 is 0. The van der Waals surface area contributed by atoms with E-state index < -0.39 is 5.97 Å². The molecule has 2 fully saturated rings. The summed E-state index contributed by atoms with van der Waals surface area (Å²) in [6, 6.07) is 0.782. The molecule has 1 atom stereocenters. The Hall–Kier alpha value is -0.570. The molecule has 1 heterocycles. The van der Waals surface area contributed by atoms with Crippen molar-refractivity contribution in [2.75, 3.05) is 13.1 Å². The van der Waals surface area contributed by atoms with E-state index in [2.05, 4.69) is 18.7 Å². The smallest absolute Gasteiger partial charge is 0.303 e. The molecular formula is C16H29NO2. The first kappa shape index (κ1) is 14.8. The normalized spacial score (nSPS) is 32.9. The van der Waals surface area contributed by atoms with Gasteiger partial charge in [-0.05, 0) is 62.8 Å². The van der Waals surface area contributed by atoms with Gasteiger partial charge in [0.2, 0.25) is 0 Å². The van der Waals surface area contributed by atoms with E-state index in [1.54, 1.807) is 0 Å². The predicted octanol–water partition coefficient (Wildman–Crippen LogP) is 3.39. The van der Waals surface area contributed by atoms with Gasteiger partial charge in [-0.15, -0.1) is 0 Å². The van der Waals surface area contributed by atoms with E-state index >= 15 is 0 Å². The van der Waals surface area contributed by atoms with Crippen molar-refractivity contribution in [1.29, 1.82) is 0 Å². The third-order valence-corrected chi connectivity index (χ3v) is 5.28. The van der Waals surface area contributed by atoms with Crippen LogP contribution >= 0.6 is 0 Å². The molecule has 0 aromatic heterocycles. The standard InChI is InChI=1S/C16H29NO2/c1-12(2)14-4-6-15(7-5-14)17-10-9-13(11-17)3-8-16(18)19/h12-15H,3-11H2,1-2H3,(H,18,19). The molecule has 0 aromatic rings. The van der Waals surface area contributed by atoms with Crippen molar-refractivity contribution in [3.8, 4) is 0 Å². The highest BCUT2D eigenvalue weighted by Crippen LogP contribution is 2.34. The molecule has 0 bridgehead atoms. The Kier molecular flexibility index (Phi) is 5.26. The number of carboxylic acid groups (broad SMARTS) is 1. The fourth-order valence-corrected chi connectivity index (χ4v) is 3.89. The first-order chi connectivity index (χ1) is 9.06. The molecule has 1 aliphatic carbocycles. The van der Waals surface area contributed by atoms with Gasteiger partial charge in [-0.2, -0.15) is 0 Å². The molecule has 19 heavy (non-hydrogen) atoms. The van der Waals surface area contributed by atoms with Crippen LogP contribution in [0.2, 0.25) is 0 Å². The number of likely N-dealkylation sites (tertiary alicyclic amines) is 1. The molecule has 2 rings (SSSR count). The van der Waals surface area contributed by atoms with Gasteiger partial charge < -0.3 is 10.0 Å². The molecule has 1 saturated carbocycles. The van der Waals surface area contributed by atoms with Gasteiger partial charge in [-0.25, -0.2) is 0 Å². The van der Waals surface area contributed by atoms with E-state index in [1.807, 2.05) is 0 Å². The molecule has 0 amide bonds. The van der Waals surface area contributed by atoms with Crippen molar-refractivity contribution in [1.82, 2.24) is 4.90 Å². The Morgan fingerprint density at radius 1 is 1.21 bits per heavy atom. The van der Waals surface area contributed by atoms with Crippen molar-refractivity contribution in [3.05, 3.63) is 0 Å². The summed E-state index contributed by atoms with van der Waals surface area (Å²) in [4.78, 5) is 13.3. The molecule has 0 aromatic carbocycles. The summed E-state index contributed by atoms with van der Waals surface area (Å²) in [5, 5.41) is 8.76. The van der Waals surface area contributed by atoms with Crippen LogP contribution in [0.1, 0.15) is 58.8 Å². The molecule has 0 spiro atoms. The van der Waals surface area contributed by atoms with Gasteiger partial charge in [0.05, 0.1) is 0 Å². The van der Waals surface area contributed by atoms with Gasteiger partial charge in [0, 0.05) is 19.0 Å². The van der Waals surface area contributed by atoms with Crippen LogP contribution in [0.15, 0.2) is 0 Å². The molecule has 1 unspecified atom stereocenters. The second-order valence-electron chi connectivity index (χ2n) is 6.89. The monoisotopic (exact) mass is 267 g/mol. The lowest BCUT2D eigenvalue weighted by atomic mass is 9.79. The zero-order valence-corrected chi connectivity index (χ0v) is 12.5. The fraction of sp³-hybridized carbons (Fsp3) is 0.938. The number of carbonyl (C=O) groups is 1. The van der Waals surface area contributed by atoms with Crippen LogP contribution in [-0.4, -0.2) is 35.1 Å². The van der Waals surface area contributed by atoms with Crippen molar-refractivity contribution in [2.45, 2.75) is 64.8 Å². The molecule has 2 aliphatic rings. The molecule has 3 nitrogen and oxygen atoms in total. The zero-order chi connectivity index (χ0) is 13.8. The number of hydrogen-bond acceptors (Lipinski definition) is 2. The van der Waals surface area contributed by atoms with E-state index in [-0.39, 0.29) is 0 Å². The molecule has 110 valence electrons. The van der Waals surface area contributed by atoms with Crippen LogP contribution in [0.3, 0.4) is 0 Å². The van der Waals surface area contributed by atoms with Gasteiger partial charge in [-0.3, -0.25) is 4.79 Å². The van der Waals surface area contributed by atoms with Crippen LogP contribution in [0.5, 0.6) is 0 Å². The number of rotatable bonds is 5. The molecule has 1 saturated heterocycles. The third kappa shape index (κ3) is 4.20. The Morgan fingerprint density at radius 2 is 1.89 bits per heavy atom. The van der Waals surface area contributed by atoms with Gasteiger partial charge >= 0.3 is 5.97 Å². The molecular weight excluding hydrogens is 238 g/mol.